The molecule has 0 bridgehead atoms. The van der Waals surface area contributed by atoms with Crippen molar-refractivity contribution in [2.24, 2.45) is 0 Å². The molecule has 0 spiro atoms. The molecule has 9 nitrogen and oxygen atoms in total. The summed E-state index contributed by atoms with van der Waals surface area (Å²) >= 11 is 0. The zero-order valence-electron chi connectivity index (χ0n) is 19.2. The molecule has 0 unspecified atom stereocenters. The molecule has 1 aliphatic rings. The topological polar surface area (TPSA) is 132 Å². The zero-order valence-corrected chi connectivity index (χ0v) is 19.2. The summed E-state index contributed by atoms with van der Waals surface area (Å²) in [6.45, 7) is 2.43. The van der Waals surface area contributed by atoms with Crippen molar-refractivity contribution in [1.82, 2.24) is 19.7 Å². The lowest BCUT2D eigenvalue weighted by Crippen LogP contribution is -2.06. The van der Waals surface area contributed by atoms with Crippen molar-refractivity contribution in [2.45, 2.75) is 39.3 Å². The van der Waals surface area contributed by atoms with Crippen LogP contribution in [-0.2, 0) is 13.2 Å². The van der Waals surface area contributed by atoms with E-state index in [1.165, 1.54) is 16.8 Å². The lowest BCUT2D eigenvalue weighted by Gasteiger charge is -2.16. The number of halogens is 1. The molecule has 0 saturated heterocycles. The Balaban J connectivity index is 1.46. The van der Waals surface area contributed by atoms with Gasteiger partial charge in [-0.1, -0.05) is 6.08 Å². The first-order valence-corrected chi connectivity index (χ1v) is 11.1. The van der Waals surface area contributed by atoms with Gasteiger partial charge in [-0.3, -0.25) is 0 Å². The lowest BCUT2D eigenvalue weighted by atomic mass is 9.98. The van der Waals surface area contributed by atoms with Gasteiger partial charge in [-0.2, -0.15) is 10.4 Å². The number of aromatic nitrogens is 4. The quantitative estimate of drug-likeness (QED) is 0.478. The number of nitrogens with zero attached hydrogens (tertiary/aromatic N) is 5. The molecule has 0 fully saturated rings. The van der Waals surface area contributed by atoms with Gasteiger partial charge in [-0.25, -0.2) is 19.0 Å². The van der Waals surface area contributed by atoms with Crippen molar-refractivity contribution in [3.63, 3.8) is 0 Å². The second-order valence-electron chi connectivity index (χ2n) is 8.00. The molecule has 0 radical (unpaired) electrons. The molecule has 0 amide bonds. The molecule has 1 aliphatic carbocycles. The molecule has 3 aromatic rings. The van der Waals surface area contributed by atoms with Gasteiger partial charge >= 0.3 is 0 Å². The van der Waals surface area contributed by atoms with E-state index < -0.39 is 5.82 Å². The fraction of sp³-hybridized carbons (Fsp3) is 0.280. The maximum atomic E-state index is 14.2. The first-order chi connectivity index (χ1) is 17.0. The van der Waals surface area contributed by atoms with Gasteiger partial charge in [0, 0.05) is 55.7 Å². The Morgan fingerprint density at radius 2 is 1.94 bits per heavy atom. The van der Waals surface area contributed by atoms with Gasteiger partial charge in [0.25, 0.3) is 0 Å². The number of nitriles is 1. The van der Waals surface area contributed by atoms with Crippen LogP contribution in [0.4, 0.5) is 10.2 Å². The summed E-state index contributed by atoms with van der Waals surface area (Å²) in [5, 5.41) is 23.1. The molecular weight excluding hydrogens is 451 g/mol. The normalized spacial score (nSPS) is 13.1. The van der Waals surface area contributed by atoms with Gasteiger partial charge in [0.05, 0.1) is 0 Å². The average Bonchev–Trinajstić information content (AvgIpc) is 3.17. The molecule has 0 atom stereocenters. The summed E-state index contributed by atoms with van der Waals surface area (Å²) < 4.78 is 27.3. The fourth-order valence-electron chi connectivity index (χ4n) is 3.59. The highest BCUT2D eigenvalue weighted by molar-refractivity contribution is 5.74. The predicted octanol–water partition coefficient (Wildman–Crippen LogP) is 3.68. The summed E-state index contributed by atoms with van der Waals surface area (Å²) in [7, 11) is 0. The molecule has 10 heteroatoms. The monoisotopic (exact) mass is 476 g/mol. The van der Waals surface area contributed by atoms with Gasteiger partial charge in [-0.15, -0.1) is 0 Å². The summed E-state index contributed by atoms with van der Waals surface area (Å²) in [4.78, 5) is 8.24. The number of hydrogen-bond acceptors (Lipinski definition) is 8. The summed E-state index contributed by atoms with van der Waals surface area (Å²) in [6.07, 6.45) is 8.53. The number of aliphatic hydroxyl groups excluding tert-OH is 1. The third-order valence-electron chi connectivity index (χ3n) is 5.38. The molecule has 0 aliphatic heterocycles. The SMILES string of the molecule is Cc1ncc(COc2cc(F)cc(OC3=CC=C(c4nn(CCCO)c(N)c4C#N)CC3)c2)cn1. The van der Waals surface area contributed by atoms with Crippen molar-refractivity contribution in [3.8, 4) is 17.6 Å². The number of rotatable bonds is 9. The lowest BCUT2D eigenvalue weighted by molar-refractivity contribution is 0.277. The van der Waals surface area contributed by atoms with Crippen molar-refractivity contribution in [1.29, 1.82) is 5.26 Å². The fourth-order valence-corrected chi connectivity index (χ4v) is 3.59. The van der Waals surface area contributed by atoms with Crippen molar-refractivity contribution in [3.05, 3.63) is 77.0 Å². The van der Waals surface area contributed by atoms with Crippen LogP contribution in [0.2, 0.25) is 0 Å². The second kappa shape index (κ2) is 10.8. The van der Waals surface area contributed by atoms with Crippen LogP contribution in [-0.4, -0.2) is 31.5 Å². The van der Waals surface area contributed by atoms with E-state index in [0.29, 0.717) is 60.1 Å². The summed E-state index contributed by atoms with van der Waals surface area (Å²) in [5.74, 6) is 1.76. The maximum Gasteiger partial charge on any atom is 0.140 e. The minimum atomic E-state index is -0.479. The van der Waals surface area contributed by atoms with Gasteiger partial charge in [0.1, 0.15) is 58.7 Å². The Bertz CT molecular complexity index is 1310. The van der Waals surface area contributed by atoms with E-state index in [2.05, 4.69) is 21.1 Å². The number of ether oxygens (including phenoxy) is 2. The number of benzene rings is 1. The van der Waals surface area contributed by atoms with Crippen LogP contribution < -0.4 is 15.2 Å². The molecule has 180 valence electrons. The highest BCUT2D eigenvalue weighted by Crippen LogP contribution is 2.32. The first kappa shape index (κ1) is 23.9. The maximum absolute atomic E-state index is 14.2. The number of aliphatic hydroxyl groups is 1. The minimum absolute atomic E-state index is 0.00978. The third kappa shape index (κ3) is 5.83. The second-order valence-corrected chi connectivity index (χ2v) is 8.00. The number of nitrogen functional groups attached to an aromatic ring is 1. The van der Waals surface area contributed by atoms with Crippen molar-refractivity contribution in [2.75, 3.05) is 12.3 Å². The third-order valence-corrected chi connectivity index (χ3v) is 5.38. The van der Waals surface area contributed by atoms with Crippen LogP contribution in [0.15, 0.2) is 48.5 Å². The molecule has 2 aromatic heterocycles. The van der Waals surface area contributed by atoms with Crippen LogP contribution in [0.1, 0.15) is 41.9 Å². The smallest absolute Gasteiger partial charge is 0.140 e. The average molecular weight is 477 g/mol. The van der Waals surface area contributed by atoms with E-state index in [1.54, 1.807) is 31.5 Å². The van der Waals surface area contributed by atoms with Crippen molar-refractivity contribution < 1.29 is 19.0 Å². The van der Waals surface area contributed by atoms with Crippen molar-refractivity contribution >= 4 is 11.4 Å². The molecule has 2 heterocycles. The molecule has 3 N–H and O–H groups in total. The van der Waals surface area contributed by atoms with E-state index in [0.717, 1.165) is 11.1 Å². The number of allylic oxidation sites excluding steroid dienone is 4. The van der Waals surface area contributed by atoms with Gasteiger partial charge in [0.2, 0.25) is 0 Å². The number of aryl methyl sites for hydroxylation is 2. The van der Waals surface area contributed by atoms with Crippen LogP contribution in [0, 0.1) is 24.1 Å². The van der Waals surface area contributed by atoms with Gasteiger partial charge < -0.3 is 20.3 Å². The van der Waals surface area contributed by atoms with Gasteiger partial charge in [-0.05, 0) is 31.4 Å². The molecule has 35 heavy (non-hydrogen) atoms. The minimum Gasteiger partial charge on any atom is -0.489 e. The number of nitrogens with two attached hydrogens (primary N) is 1. The van der Waals surface area contributed by atoms with E-state index >= 15 is 0 Å². The number of anilines is 1. The Labute approximate surface area is 202 Å². The summed E-state index contributed by atoms with van der Waals surface area (Å²) in [6, 6.07) is 6.32. The molecule has 0 saturated carbocycles. The highest BCUT2D eigenvalue weighted by Gasteiger charge is 2.21. The highest BCUT2D eigenvalue weighted by atomic mass is 19.1. The van der Waals surface area contributed by atoms with Crippen LogP contribution in [0.3, 0.4) is 0 Å². The van der Waals surface area contributed by atoms with E-state index in [9.17, 15) is 9.65 Å². The Morgan fingerprint density at radius 3 is 2.63 bits per heavy atom. The molecule has 1 aromatic carbocycles. The molecule has 4 rings (SSSR count). The van der Waals surface area contributed by atoms with Gasteiger partial charge in [0.15, 0.2) is 0 Å². The molecular formula is C25H25FN6O3. The Kier molecular flexibility index (Phi) is 7.38. The number of hydrogen-bond donors (Lipinski definition) is 2. The van der Waals surface area contributed by atoms with Crippen LogP contribution in [0.5, 0.6) is 11.5 Å². The van der Waals surface area contributed by atoms with Crippen LogP contribution >= 0.6 is 0 Å². The predicted molar refractivity (Wildman–Crippen MR) is 126 cm³/mol. The largest absolute Gasteiger partial charge is 0.489 e. The summed E-state index contributed by atoms with van der Waals surface area (Å²) in [5.41, 5.74) is 8.53. The van der Waals surface area contributed by atoms with E-state index in [-0.39, 0.29) is 19.0 Å². The Morgan fingerprint density at radius 1 is 1.17 bits per heavy atom. The van der Waals surface area contributed by atoms with E-state index in [1.807, 2.05) is 6.08 Å². The first-order valence-electron chi connectivity index (χ1n) is 11.1. The van der Waals surface area contributed by atoms with E-state index in [4.69, 9.17) is 20.3 Å². The zero-order chi connectivity index (χ0) is 24.8. The van der Waals surface area contributed by atoms with Crippen LogP contribution in [0.25, 0.3) is 5.57 Å². The Hall–Kier alpha value is -4.23. The standard InChI is InChI=1S/C25H25FN6O3/c1-16-29-13-17(14-30-16)15-34-21-9-19(26)10-22(11-21)35-20-5-3-18(4-6-20)24-23(12-27)25(28)32(31-24)7-2-8-33/h3,5,9-11,13-14,33H,2,4,6-8,15,28H2,1H3.